The molecule has 0 unspecified atom stereocenters. The minimum atomic E-state index is -4.11. The highest BCUT2D eigenvalue weighted by Crippen LogP contribution is 2.61. The third-order valence-corrected chi connectivity index (χ3v) is 12.1. The van der Waals surface area contributed by atoms with E-state index in [4.69, 9.17) is 8.94 Å². The number of nitrogens with zero attached hydrogens (tertiary/aromatic N) is 2. The lowest BCUT2D eigenvalue weighted by Crippen LogP contribution is -2.27. The predicted octanol–water partition coefficient (Wildman–Crippen LogP) is 7.60. The number of benzene rings is 3. The van der Waals surface area contributed by atoms with Crippen LogP contribution in [0.1, 0.15) is 40.4 Å². The second kappa shape index (κ2) is 10.4. The molecule has 0 aliphatic carbocycles. The van der Waals surface area contributed by atoms with Crippen LogP contribution in [-0.2, 0) is 10.0 Å². The maximum absolute atomic E-state index is 13.9. The molecule has 3 aromatic carbocycles. The van der Waals surface area contributed by atoms with E-state index in [1.54, 1.807) is 24.3 Å². The Balaban J connectivity index is 1.95. The molecule has 1 heterocycles. The van der Waals surface area contributed by atoms with Gasteiger partial charge in [-0.25, -0.2) is 0 Å². The number of sulfonamides is 1. The van der Waals surface area contributed by atoms with Crippen molar-refractivity contribution in [3.05, 3.63) is 84.6 Å². The number of hydrogen-bond acceptors (Lipinski definition) is 5. The van der Waals surface area contributed by atoms with E-state index in [2.05, 4.69) is 22.9 Å². The van der Waals surface area contributed by atoms with E-state index in [1.165, 1.54) is 0 Å². The lowest BCUT2D eigenvalue weighted by atomic mass is 10.1. The van der Waals surface area contributed by atoms with Gasteiger partial charge >= 0.3 is 0 Å². The molecule has 4 aromatic rings. The standard InChI is InChI=1S/C29H35N2O4PS/c1-7-31(8-2)25-14-11-15-26(21-25)35-36(29(4,5)6,28-19-16-22(3)34-28)30-37(32,33)27-18-17-23-12-9-10-13-24(23)20-27/h9-21H,7-8H2,1-6H3/t36-/m0/s1. The summed E-state index contributed by atoms with van der Waals surface area (Å²) < 4.78 is 45.3. The summed E-state index contributed by atoms with van der Waals surface area (Å²) in [5.74, 6) is 1.22. The fourth-order valence-electron chi connectivity index (χ4n) is 4.28. The minimum Gasteiger partial charge on any atom is -0.457 e. The Morgan fingerprint density at radius 3 is 2.22 bits per heavy atom. The highest BCUT2D eigenvalue weighted by Gasteiger charge is 2.44. The number of aryl methyl sites for hydroxylation is 1. The van der Waals surface area contributed by atoms with Crippen LogP contribution < -0.4 is 14.9 Å². The Kier molecular flexibility index (Phi) is 7.59. The molecule has 0 N–H and O–H groups in total. The summed E-state index contributed by atoms with van der Waals surface area (Å²) in [4.78, 5) is 2.34. The van der Waals surface area contributed by atoms with Crippen molar-refractivity contribution in [3.63, 3.8) is 0 Å². The van der Waals surface area contributed by atoms with E-state index in [9.17, 15) is 8.42 Å². The lowest BCUT2D eigenvalue weighted by Gasteiger charge is -2.34. The number of furan rings is 1. The number of hydrogen-bond donors (Lipinski definition) is 0. The normalized spacial score (nSPS) is 13.8. The van der Waals surface area contributed by atoms with Crippen LogP contribution in [0.2, 0.25) is 0 Å². The predicted molar refractivity (Wildman–Crippen MR) is 154 cm³/mol. The number of anilines is 1. The third-order valence-electron chi connectivity index (χ3n) is 6.36. The van der Waals surface area contributed by atoms with E-state index in [-0.39, 0.29) is 4.90 Å². The summed E-state index contributed by atoms with van der Waals surface area (Å²) >= 11 is 0. The number of fused-ring (bicyclic) bond motifs is 1. The van der Waals surface area contributed by atoms with Gasteiger partial charge in [0, 0.05) is 30.0 Å². The molecular weight excluding hydrogens is 503 g/mol. The Bertz CT molecular complexity index is 1560. The first kappa shape index (κ1) is 27.0. The first-order chi connectivity index (χ1) is 17.5. The molecule has 0 amide bonds. The highest BCUT2D eigenvalue weighted by atomic mass is 32.2. The third kappa shape index (κ3) is 5.48. The first-order valence-electron chi connectivity index (χ1n) is 12.5. The molecule has 4 rings (SSSR count). The quantitative estimate of drug-likeness (QED) is 0.216. The minimum absolute atomic E-state index is 0.128. The summed E-state index contributed by atoms with van der Waals surface area (Å²) in [6, 6.07) is 24.1. The molecule has 0 aliphatic heterocycles. The van der Waals surface area contributed by atoms with Crippen LogP contribution in [0.25, 0.3) is 10.8 Å². The summed E-state index contributed by atoms with van der Waals surface area (Å²) in [5, 5.41) is 1.11. The molecule has 196 valence electrons. The molecule has 8 heteroatoms. The molecular formula is C29H35N2O4PS. The summed E-state index contributed by atoms with van der Waals surface area (Å²) in [7, 11) is -7.40. The Morgan fingerprint density at radius 2 is 1.59 bits per heavy atom. The molecule has 1 atom stereocenters. The largest absolute Gasteiger partial charge is 0.457 e. The summed E-state index contributed by atoms with van der Waals surface area (Å²) in [6.07, 6.45) is 0. The van der Waals surface area contributed by atoms with Crippen LogP contribution in [0.3, 0.4) is 0 Å². The van der Waals surface area contributed by atoms with Gasteiger partial charge in [0.25, 0.3) is 10.0 Å². The van der Waals surface area contributed by atoms with Gasteiger partial charge in [-0.2, -0.15) is 8.42 Å². The van der Waals surface area contributed by atoms with Crippen molar-refractivity contribution >= 4 is 39.3 Å². The van der Waals surface area contributed by atoms with Crippen molar-refractivity contribution in [1.82, 2.24) is 0 Å². The molecule has 0 fully saturated rings. The molecule has 6 nitrogen and oxygen atoms in total. The molecule has 0 saturated heterocycles. The highest BCUT2D eigenvalue weighted by molar-refractivity contribution is 7.95. The van der Waals surface area contributed by atoms with E-state index < -0.39 is 22.5 Å². The van der Waals surface area contributed by atoms with Gasteiger partial charge in [0.2, 0.25) is 7.28 Å². The molecule has 0 saturated carbocycles. The molecule has 0 radical (unpaired) electrons. The van der Waals surface area contributed by atoms with Crippen LogP contribution in [0.5, 0.6) is 5.75 Å². The Hall–Kier alpha value is -3.02. The zero-order valence-electron chi connectivity index (χ0n) is 22.3. The van der Waals surface area contributed by atoms with E-state index in [0.29, 0.717) is 17.0 Å². The molecule has 0 spiro atoms. The van der Waals surface area contributed by atoms with Gasteiger partial charge in [-0.15, -0.1) is 4.15 Å². The van der Waals surface area contributed by atoms with E-state index in [1.807, 2.05) is 82.3 Å². The second-order valence-electron chi connectivity index (χ2n) is 9.96. The topological polar surface area (TPSA) is 72.1 Å². The van der Waals surface area contributed by atoms with Gasteiger partial charge in [0.15, 0.2) is 5.50 Å². The zero-order chi connectivity index (χ0) is 26.8. The van der Waals surface area contributed by atoms with Gasteiger partial charge in [-0.3, -0.25) is 0 Å². The van der Waals surface area contributed by atoms with Gasteiger partial charge in [0.1, 0.15) is 11.5 Å². The van der Waals surface area contributed by atoms with Gasteiger partial charge < -0.3 is 13.8 Å². The van der Waals surface area contributed by atoms with Gasteiger partial charge in [0.05, 0.1) is 4.90 Å². The van der Waals surface area contributed by atoms with E-state index >= 15 is 0 Å². The smallest absolute Gasteiger partial charge is 0.284 e. The van der Waals surface area contributed by atoms with E-state index in [0.717, 1.165) is 29.5 Å². The SMILES string of the molecule is CCN(CC)c1cccc(O[P@@](=NS(=O)(=O)c2ccc3ccccc3c2)(c2ccc(C)o2)C(C)(C)C)c1. The molecule has 0 aliphatic rings. The van der Waals surface area contributed by atoms with Crippen molar-refractivity contribution in [3.8, 4) is 5.75 Å². The summed E-state index contributed by atoms with van der Waals surface area (Å²) in [5.41, 5.74) is 1.44. The van der Waals surface area contributed by atoms with Crippen molar-refractivity contribution < 1.29 is 17.4 Å². The van der Waals surface area contributed by atoms with Crippen molar-refractivity contribution in [2.75, 3.05) is 18.0 Å². The van der Waals surface area contributed by atoms with Crippen molar-refractivity contribution in [1.29, 1.82) is 0 Å². The fourth-order valence-corrected chi connectivity index (χ4v) is 9.81. The second-order valence-corrected chi connectivity index (χ2v) is 15.1. The maximum Gasteiger partial charge on any atom is 0.284 e. The summed E-state index contributed by atoms with van der Waals surface area (Å²) in [6.45, 7) is 13.6. The average molecular weight is 539 g/mol. The van der Waals surface area contributed by atoms with Crippen molar-refractivity contribution in [2.45, 2.75) is 51.6 Å². The molecule has 0 bridgehead atoms. The van der Waals surface area contributed by atoms with Crippen LogP contribution in [0, 0.1) is 6.92 Å². The van der Waals surface area contributed by atoms with Crippen LogP contribution in [0.4, 0.5) is 5.69 Å². The van der Waals surface area contributed by atoms with Crippen molar-refractivity contribution in [2.24, 2.45) is 4.15 Å². The average Bonchev–Trinajstić information content (AvgIpc) is 3.30. The first-order valence-corrected chi connectivity index (χ1v) is 15.6. The van der Waals surface area contributed by atoms with Gasteiger partial charge in [-0.05, 0) is 67.9 Å². The van der Waals surface area contributed by atoms with Crippen LogP contribution in [0.15, 0.2) is 92.3 Å². The Labute approximate surface area is 220 Å². The Morgan fingerprint density at radius 1 is 0.892 bits per heavy atom. The van der Waals surface area contributed by atoms with Crippen LogP contribution >= 0.6 is 7.28 Å². The molecule has 1 aromatic heterocycles. The monoisotopic (exact) mass is 538 g/mol. The van der Waals surface area contributed by atoms with Crippen LogP contribution in [-0.4, -0.2) is 26.7 Å². The maximum atomic E-state index is 13.9. The lowest BCUT2D eigenvalue weighted by molar-refractivity contribution is 0.526. The zero-order valence-corrected chi connectivity index (χ0v) is 24.0. The fraction of sp³-hybridized carbons (Fsp3) is 0.310. The number of rotatable bonds is 8. The molecule has 37 heavy (non-hydrogen) atoms. The van der Waals surface area contributed by atoms with Gasteiger partial charge in [-0.1, -0.05) is 57.2 Å².